The first-order valence-electron chi connectivity index (χ1n) is 6.61. The zero-order chi connectivity index (χ0) is 14.8. The Balaban J connectivity index is 2.23. The minimum absolute atomic E-state index is 0.495. The monoisotopic (exact) mass is 277 g/mol. The number of pyridine rings is 2. The molecular weight excluding hydrogens is 262 g/mol. The van der Waals surface area contributed by atoms with E-state index in [-0.39, 0.29) is 0 Å². The van der Waals surface area contributed by atoms with E-state index >= 15 is 0 Å². The van der Waals surface area contributed by atoms with Crippen molar-refractivity contribution < 1.29 is 0 Å². The van der Waals surface area contributed by atoms with E-state index in [2.05, 4.69) is 19.9 Å². The lowest BCUT2D eigenvalue weighted by Gasteiger charge is -2.11. The van der Waals surface area contributed by atoms with Crippen LogP contribution < -0.4 is 5.73 Å². The van der Waals surface area contributed by atoms with E-state index < -0.39 is 0 Å². The largest absolute Gasteiger partial charge is 0.384 e. The van der Waals surface area contributed by atoms with Gasteiger partial charge in [0.1, 0.15) is 12.1 Å². The highest BCUT2D eigenvalue weighted by atomic mass is 14.9. The lowest BCUT2D eigenvalue weighted by Crippen LogP contribution is -1.97. The standard InChI is InChI=1S/C16H15N5/c1-10-7-12(5-6-18-10)16-15(11(2)20-9-21-16)13-3-4-14(17)19-8-13/h3-9H,1-2H3,(H2,17,19). The maximum Gasteiger partial charge on any atom is 0.123 e. The highest BCUT2D eigenvalue weighted by Crippen LogP contribution is 2.31. The Morgan fingerprint density at radius 3 is 2.48 bits per heavy atom. The second-order valence-corrected chi connectivity index (χ2v) is 4.84. The molecule has 2 N–H and O–H groups in total. The summed E-state index contributed by atoms with van der Waals surface area (Å²) in [4.78, 5) is 17.1. The molecule has 0 amide bonds. The number of rotatable bonds is 2. The summed E-state index contributed by atoms with van der Waals surface area (Å²) >= 11 is 0. The van der Waals surface area contributed by atoms with Crippen molar-refractivity contribution in [1.82, 2.24) is 19.9 Å². The number of hydrogen-bond donors (Lipinski definition) is 1. The van der Waals surface area contributed by atoms with Gasteiger partial charge in [-0.15, -0.1) is 0 Å². The molecule has 3 aromatic heterocycles. The molecule has 0 aliphatic carbocycles. The van der Waals surface area contributed by atoms with Crippen LogP contribution in [-0.4, -0.2) is 19.9 Å². The molecule has 0 aliphatic rings. The van der Waals surface area contributed by atoms with Gasteiger partial charge in [0.2, 0.25) is 0 Å². The van der Waals surface area contributed by atoms with Gasteiger partial charge in [-0.25, -0.2) is 15.0 Å². The summed E-state index contributed by atoms with van der Waals surface area (Å²) in [7, 11) is 0. The number of aromatic nitrogens is 4. The summed E-state index contributed by atoms with van der Waals surface area (Å²) in [5.41, 5.74) is 11.3. The summed E-state index contributed by atoms with van der Waals surface area (Å²) in [5, 5.41) is 0. The van der Waals surface area contributed by atoms with Crippen molar-refractivity contribution in [2.45, 2.75) is 13.8 Å². The molecule has 0 aromatic carbocycles. The number of nitrogens with two attached hydrogens (primary N) is 1. The van der Waals surface area contributed by atoms with Gasteiger partial charge in [-0.3, -0.25) is 4.98 Å². The van der Waals surface area contributed by atoms with Crippen molar-refractivity contribution in [1.29, 1.82) is 0 Å². The molecule has 104 valence electrons. The van der Waals surface area contributed by atoms with Crippen LogP contribution in [-0.2, 0) is 0 Å². The molecule has 0 fully saturated rings. The van der Waals surface area contributed by atoms with Crippen molar-refractivity contribution in [3.05, 3.63) is 54.4 Å². The Kier molecular flexibility index (Phi) is 3.31. The molecule has 0 saturated carbocycles. The molecule has 3 aromatic rings. The maximum absolute atomic E-state index is 5.66. The molecule has 0 radical (unpaired) electrons. The number of nitrogens with zero attached hydrogens (tertiary/aromatic N) is 4. The zero-order valence-electron chi connectivity index (χ0n) is 11.9. The van der Waals surface area contributed by atoms with Crippen LogP contribution in [0.2, 0.25) is 0 Å². The molecule has 3 rings (SSSR count). The Labute approximate surface area is 122 Å². The smallest absolute Gasteiger partial charge is 0.123 e. The number of nitrogen functional groups attached to an aromatic ring is 1. The summed E-state index contributed by atoms with van der Waals surface area (Å²) in [6.45, 7) is 3.92. The van der Waals surface area contributed by atoms with Crippen LogP contribution in [0.5, 0.6) is 0 Å². The molecule has 0 unspecified atom stereocenters. The van der Waals surface area contributed by atoms with Crippen molar-refractivity contribution in [2.75, 3.05) is 5.73 Å². The third-order valence-corrected chi connectivity index (χ3v) is 3.28. The molecule has 21 heavy (non-hydrogen) atoms. The van der Waals surface area contributed by atoms with E-state index in [0.717, 1.165) is 33.8 Å². The second kappa shape index (κ2) is 5.28. The van der Waals surface area contributed by atoms with Crippen LogP contribution in [0, 0.1) is 13.8 Å². The van der Waals surface area contributed by atoms with E-state index in [1.165, 1.54) is 0 Å². The fourth-order valence-corrected chi connectivity index (χ4v) is 2.28. The molecule has 0 saturated heterocycles. The van der Waals surface area contributed by atoms with Gasteiger partial charge in [-0.2, -0.15) is 0 Å². The minimum Gasteiger partial charge on any atom is -0.384 e. The van der Waals surface area contributed by atoms with E-state index in [9.17, 15) is 0 Å². The van der Waals surface area contributed by atoms with Gasteiger partial charge >= 0.3 is 0 Å². The first-order chi connectivity index (χ1) is 10.1. The van der Waals surface area contributed by atoms with Crippen molar-refractivity contribution in [2.24, 2.45) is 0 Å². The summed E-state index contributed by atoms with van der Waals surface area (Å²) in [6.07, 6.45) is 5.11. The average Bonchev–Trinajstić information content (AvgIpc) is 2.48. The molecule has 0 aliphatic heterocycles. The van der Waals surface area contributed by atoms with Gasteiger partial charge in [0, 0.05) is 40.5 Å². The molecule has 0 bridgehead atoms. The molecule has 0 spiro atoms. The first kappa shape index (κ1) is 13.2. The lowest BCUT2D eigenvalue weighted by molar-refractivity contribution is 1.10. The van der Waals surface area contributed by atoms with Gasteiger partial charge in [0.25, 0.3) is 0 Å². The highest BCUT2D eigenvalue weighted by Gasteiger charge is 2.13. The third kappa shape index (κ3) is 2.58. The van der Waals surface area contributed by atoms with E-state index in [1.54, 1.807) is 24.8 Å². The van der Waals surface area contributed by atoms with Crippen LogP contribution in [0.1, 0.15) is 11.4 Å². The predicted octanol–water partition coefficient (Wildman–Crippen LogP) is 2.80. The molecule has 3 heterocycles. The number of hydrogen-bond acceptors (Lipinski definition) is 5. The van der Waals surface area contributed by atoms with Gasteiger partial charge in [0.05, 0.1) is 5.69 Å². The summed E-state index contributed by atoms with van der Waals surface area (Å²) < 4.78 is 0. The summed E-state index contributed by atoms with van der Waals surface area (Å²) in [5.74, 6) is 0.495. The number of anilines is 1. The zero-order valence-corrected chi connectivity index (χ0v) is 11.9. The Morgan fingerprint density at radius 1 is 0.905 bits per heavy atom. The fraction of sp³-hybridized carbons (Fsp3) is 0.125. The van der Waals surface area contributed by atoms with E-state index in [1.807, 2.05) is 32.0 Å². The molecule has 5 heteroatoms. The van der Waals surface area contributed by atoms with Crippen molar-refractivity contribution in [3.8, 4) is 22.4 Å². The quantitative estimate of drug-likeness (QED) is 0.779. The van der Waals surface area contributed by atoms with Crippen LogP contribution >= 0.6 is 0 Å². The number of aryl methyl sites for hydroxylation is 2. The lowest BCUT2D eigenvalue weighted by atomic mass is 9.99. The van der Waals surface area contributed by atoms with Crippen LogP contribution in [0.3, 0.4) is 0 Å². The Bertz CT molecular complexity index is 781. The second-order valence-electron chi connectivity index (χ2n) is 4.84. The van der Waals surface area contributed by atoms with Gasteiger partial charge in [-0.05, 0) is 38.1 Å². The SMILES string of the molecule is Cc1cc(-c2ncnc(C)c2-c2ccc(N)nc2)ccn1. The van der Waals surface area contributed by atoms with Crippen LogP contribution in [0.15, 0.2) is 43.0 Å². The van der Waals surface area contributed by atoms with Gasteiger partial charge in [0.15, 0.2) is 0 Å². The molecule has 5 nitrogen and oxygen atoms in total. The normalized spacial score (nSPS) is 10.6. The maximum atomic E-state index is 5.66. The average molecular weight is 277 g/mol. The summed E-state index contributed by atoms with van der Waals surface area (Å²) in [6, 6.07) is 7.67. The fourth-order valence-electron chi connectivity index (χ4n) is 2.28. The first-order valence-corrected chi connectivity index (χ1v) is 6.61. The van der Waals surface area contributed by atoms with Gasteiger partial charge in [-0.1, -0.05) is 0 Å². The Hall–Kier alpha value is -2.82. The van der Waals surface area contributed by atoms with Gasteiger partial charge < -0.3 is 5.73 Å². The third-order valence-electron chi connectivity index (χ3n) is 3.28. The topological polar surface area (TPSA) is 77.6 Å². The van der Waals surface area contributed by atoms with Crippen LogP contribution in [0.25, 0.3) is 22.4 Å². The van der Waals surface area contributed by atoms with E-state index in [0.29, 0.717) is 5.82 Å². The Morgan fingerprint density at radius 2 is 1.76 bits per heavy atom. The highest BCUT2D eigenvalue weighted by molar-refractivity contribution is 5.81. The predicted molar refractivity (Wildman–Crippen MR) is 82.4 cm³/mol. The molecule has 0 atom stereocenters. The van der Waals surface area contributed by atoms with E-state index in [4.69, 9.17) is 5.73 Å². The van der Waals surface area contributed by atoms with Crippen LogP contribution in [0.4, 0.5) is 5.82 Å². The minimum atomic E-state index is 0.495. The van der Waals surface area contributed by atoms with Crippen molar-refractivity contribution in [3.63, 3.8) is 0 Å². The molecular formula is C16H15N5. The van der Waals surface area contributed by atoms with Crippen molar-refractivity contribution >= 4 is 5.82 Å².